The van der Waals surface area contributed by atoms with Crippen LogP contribution in [0.1, 0.15) is 38.7 Å². The van der Waals surface area contributed by atoms with Crippen molar-refractivity contribution in [3.8, 4) is 0 Å². The second-order valence-electron chi connectivity index (χ2n) is 5.29. The number of nitrogens with one attached hydrogen (secondary N) is 1. The molecule has 0 amide bonds. The van der Waals surface area contributed by atoms with Gasteiger partial charge in [-0.1, -0.05) is 35.0 Å². The minimum atomic E-state index is 0.627. The van der Waals surface area contributed by atoms with Gasteiger partial charge in [0.05, 0.1) is 0 Å². The van der Waals surface area contributed by atoms with E-state index in [9.17, 15) is 0 Å². The van der Waals surface area contributed by atoms with E-state index in [1.54, 1.807) is 0 Å². The van der Waals surface area contributed by atoms with E-state index in [2.05, 4.69) is 71.3 Å². The van der Waals surface area contributed by atoms with Gasteiger partial charge in [0.25, 0.3) is 0 Å². The molecule has 108 valence electrons. The third-order valence-electron chi connectivity index (χ3n) is 3.48. The maximum absolute atomic E-state index is 3.53. The van der Waals surface area contributed by atoms with Crippen LogP contribution in [0.3, 0.4) is 0 Å². The van der Waals surface area contributed by atoms with E-state index in [1.807, 2.05) is 0 Å². The largest absolute Gasteiger partial charge is 0.317 e. The molecule has 1 N–H and O–H groups in total. The Morgan fingerprint density at radius 2 is 2.11 bits per heavy atom. The summed E-state index contributed by atoms with van der Waals surface area (Å²) >= 11 is 3.53. The van der Waals surface area contributed by atoms with Crippen molar-refractivity contribution in [2.24, 2.45) is 0 Å². The molecule has 0 aliphatic carbocycles. The summed E-state index contributed by atoms with van der Waals surface area (Å²) in [4.78, 5) is 2.43. The zero-order chi connectivity index (χ0) is 14.1. The molecule has 1 unspecified atom stereocenters. The Balaban J connectivity index is 2.26. The summed E-state index contributed by atoms with van der Waals surface area (Å²) in [5, 5.41) is 3.46. The first-order chi connectivity index (χ1) is 9.13. The van der Waals surface area contributed by atoms with Gasteiger partial charge in [0.1, 0.15) is 0 Å². The van der Waals surface area contributed by atoms with Crippen molar-refractivity contribution in [3.63, 3.8) is 0 Å². The minimum Gasteiger partial charge on any atom is -0.317 e. The summed E-state index contributed by atoms with van der Waals surface area (Å²) in [6.45, 7) is 7.83. The fourth-order valence-corrected chi connectivity index (χ4v) is 2.57. The number of rotatable bonds is 9. The van der Waals surface area contributed by atoms with E-state index in [0.717, 1.165) is 24.1 Å². The van der Waals surface area contributed by atoms with Crippen LogP contribution in [0, 0.1) is 0 Å². The third kappa shape index (κ3) is 7.09. The third-order valence-corrected chi connectivity index (χ3v) is 3.97. The molecule has 0 radical (unpaired) electrons. The average Bonchev–Trinajstić information content (AvgIpc) is 2.38. The van der Waals surface area contributed by atoms with E-state index in [-0.39, 0.29) is 0 Å². The summed E-state index contributed by atoms with van der Waals surface area (Å²) in [5.41, 5.74) is 1.37. The molecule has 19 heavy (non-hydrogen) atoms. The lowest BCUT2D eigenvalue weighted by molar-refractivity contribution is 0.234. The van der Waals surface area contributed by atoms with Gasteiger partial charge >= 0.3 is 0 Å². The van der Waals surface area contributed by atoms with Gasteiger partial charge in [-0.3, -0.25) is 4.90 Å². The van der Waals surface area contributed by atoms with Gasteiger partial charge < -0.3 is 5.32 Å². The van der Waals surface area contributed by atoms with Crippen molar-refractivity contribution in [1.29, 1.82) is 0 Å². The molecular formula is C16H27BrN2. The minimum absolute atomic E-state index is 0.627. The van der Waals surface area contributed by atoms with Crippen molar-refractivity contribution in [3.05, 3.63) is 34.3 Å². The fraction of sp³-hybridized carbons (Fsp3) is 0.625. The van der Waals surface area contributed by atoms with E-state index in [1.165, 1.54) is 24.8 Å². The van der Waals surface area contributed by atoms with E-state index in [4.69, 9.17) is 0 Å². The summed E-state index contributed by atoms with van der Waals surface area (Å²) in [6, 6.07) is 9.20. The second kappa shape index (κ2) is 9.51. The molecule has 0 spiro atoms. The van der Waals surface area contributed by atoms with Crippen LogP contribution in [-0.4, -0.2) is 31.1 Å². The van der Waals surface area contributed by atoms with E-state index < -0.39 is 0 Å². The van der Waals surface area contributed by atoms with Gasteiger partial charge in [-0.15, -0.1) is 0 Å². The lowest BCUT2D eigenvalue weighted by Gasteiger charge is -2.25. The van der Waals surface area contributed by atoms with Crippen molar-refractivity contribution < 1.29 is 0 Å². The van der Waals surface area contributed by atoms with Crippen molar-refractivity contribution in [2.45, 2.75) is 45.7 Å². The smallest absolute Gasteiger partial charge is 0.0233 e. The summed E-state index contributed by atoms with van der Waals surface area (Å²) < 4.78 is 1.16. The van der Waals surface area contributed by atoms with Crippen LogP contribution in [0.5, 0.6) is 0 Å². The molecule has 0 aromatic heterocycles. The van der Waals surface area contributed by atoms with Crippen LogP contribution >= 0.6 is 15.9 Å². The molecule has 1 aromatic rings. The predicted molar refractivity (Wildman–Crippen MR) is 87.5 cm³/mol. The highest BCUT2D eigenvalue weighted by molar-refractivity contribution is 9.10. The van der Waals surface area contributed by atoms with Gasteiger partial charge in [-0.2, -0.15) is 0 Å². The van der Waals surface area contributed by atoms with E-state index >= 15 is 0 Å². The van der Waals surface area contributed by atoms with Gasteiger partial charge in [-0.25, -0.2) is 0 Å². The Bertz CT molecular complexity index is 354. The molecule has 1 rings (SSSR count). The highest BCUT2D eigenvalue weighted by atomic mass is 79.9. The molecule has 0 heterocycles. The lowest BCUT2D eigenvalue weighted by Crippen LogP contribution is -2.29. The maximum Gasteiger partial charge on any atom is 0.0233 e. The second-order valence-corrected chi connectivity index (χ2v) is 6.20. The lowest BCUT2D eigenvalue weighted by atomic mass is 10.1. The quantitative estimate of drug-likeness (QED) is 0.689. The molecule has 2 nitrogen and oxygen atoms in total. The van der Waals surface area contributed by atoms with Gasteiger partial charge in [0, 0.05) is 17.1 Å². The summed E-state index contributed by atoms with van der Waals surface area (Å²) in [6.07, 6.45) is 3.73. The Morgan fingerprint density at radius 3 is 2.79 bits per heavy atom. The SMILES string of the molecule is CCCNCCCC(C)N(C)Cc1cccc(Br)c1. The zero-order valence-electron chi connectivity index (χ0n) is 12.5. The number of hydrogen-bond donors (Lipinski definition) is 1. The molecule has 3 heteroatoms. The standard InChI is InChI=1S/C16H27BrN2/c1-4-10-18-11-6-7-14(2)19(3)13-15-8-5-9-16(17)12-15/h5,8-9,12,14,18H,4,6-7,10-11,13H2,1-3H3. The molecule has 0 bridgehead atoms. The fourth-order valence-electron chi connectivity index (χ4n) is 2.12. The van der Waals surface area contributed by atoms with Crippen molar-refractivity contribution in [2.75, 3.05) is 20.1 Å². The molecule has 0 saturated carbocycles. The van der Waals surface area contributed by atoms with Crippen molar-refractivity contribution in [1.82, 2.24) is 10.2 Å². The first-order valence-electron chi connectivity index (χ1n) is 7.29. The number of hydrogen-bond acceptors (Lipinski definition) is 2. The number of halogens is 1. The van der Waals surface area contributed by atoms with Crippen LogP contribution in [-0.2, 0) is 6.54 Å². The summed E-state index contributed by atoms with van der Waals surface area (Å²) in [7, 11) is 2.21. The first-order valence-corrected chi connectivity index (χ1v) is 8.08. The Kier molecular flexibility index (Phi) is 8.35. The highest BCUT2D eigenvalue weighted by Crippen LogP contribution is 2.15. The number of nitrogens with zero attached hydrogens (tertiary/aromatic N) is 1. The van der Waals surface area contributed by atoms with Gasteiger partial charge in [0.15, 0.2) is 0 Å². The number of benzene rings is 1. The van der Waals surface area contributed by atoms with Gasteiger partial charge in [0.2, 0.25) is 0 Å². The maximum atomic E-state index is 3.53. The van der Waals surface area contributed by atoms with E-state index in [0.29, 0.717) is 6.04 Å². The molecule has 1 aromatic carbocycles. The topological polar surface area (TPSA) is 15.3 Å². The molecule has 1 atom stereocenters. The zero-order valence-corrected chi connectivity index (χ0v) is 14.0. The highest BCUT2D eigenvalue weighted by Gasteiger charge is 2.09. The summed E-state index contributed by atoms with van der Waals surface area (Å²) in [5.74, 6) is 0. The van der Waals surface area contributed by atoms with Gasteiger partial charge in [-0.05, 0) is 64.0 Å². The molecular weight excluding hydrogens is 300 g/mol. The monoisotopic (exact) mass is 326 g/mol. The van der Waals surface area contributed by atoms with Crippen LogP contribution in [0.2, 0.25) is 0 Å². The Hall–Kier alpha value is -0.380. The predicted octanol–water partition coefficient (Wildman–Crippen LogP) is 4.05. The Labute approximate surface area is 126 Å². The molecule has 0 aliphatic heterocycles. The molecule has 0 saturated heterocycles. The van der Waals surface area contributed by atoms with Crippen LogP contribution in [0.4, 0.5) is 0 Å². The molecule has 0 aliphatic rings. The first kappa shape index (κ1) is 16.7. The van der Waals surface area contributed by atoms with Crippen molar-refractivity contribution >= 4 is 15.9 Å². The van der Waals surface area contributed by atoms with Crippen LogP contribution in [0.25, 0.3) is 0 Å². The van der Waals surface area contributed by atoms with Crippen LogP contribution < -0.4 is 5.32 Å². The Morgan fingerprint density at radius 1 is 1.32 bits per heavy atom. The normalized spacial score (nSPS) is 12.9. The van der Waals surface area contributed by atoms with Crippen LogP contribution in [0.15, 0.2) is 28.7 Å². The average molecular weight is 327 g/mol. The molecule has 0 fully saturated rings.